The first-order valence-electron chi connectivity index (χ1n) is 7.47. The second kappa shape index (κ2) is 7.22. The van der Waals surface area contributed by atoms with Gasteiger partial charge in [-0.15, -0.1) is 0 Å². The third-order valence-electron chi connectivity index (χ3n) is 3.69. The molecule has 1 aliphatic heterocycles. The molecule has 5 heteroatoms. The van der Waals surface area contributed by atoms with Gasteiger partial charge in [-0.05, 0) is 25.6 Å². The molecule has 1 aromatic rings. The number of benzene rings is 1. The summed E-state index contributed by atoms with van der Waals surface area (Å²) in [6, 6.07) is 7.82. The standard InChI is InChI=1S/C16H23N3O2/c1-3-17-8-9-18-16(21)13-10-15(20)19(11-13)14-6-4-12(2)5-7-14/h4-7,13,17H,3,8-11H2,1-2H3,(H,18,21). The van der Waals surface area contributed by atoms with E-state index in [1.165, 1.54) is 0 Å². The first-order chi connectivity index (χ1) is 10.1. The molecule has 0 aliphatic carbocycles. The summed E-state index contributed by atoms with van der Waals surface area (Å²) >= 11 is 0. The number of nitrogens with one attached hydrogen (secondary N) is 2. The summed E-state index contributed by atoms with van der Waals surface area (Å²) in [7, 11) is 0. The number of carbonyl (C=O) groups excluding carboxylic acids is 2. The van der Waals surface area contributed by atoms with Crippen molar-refractivity contribution in [3.63, 3.8) is 0 Å². The Kier molecular flexibility index (Phi) is 5.33. The molecule has 0 aromatic heterocycles. The molecule has 114 valence electrons. The quantitative estimate of drug-likeness (QED) is 0.770. The van der Waals surface area contributed by atoms with Crippen molar-refractivity contribution >= 4 is 17.5 Å². The van der Waals surface area contributed by atoms with E-state index >= 15 is 0 Å². The first kappa shape index (κ1) is 15.5. The maximum atomic E-state index is 12.1. The lowest BCUT2D eigenvalue weighted by atomic mass is 10.1. The van der Waals surface area contributed by atoms with E-state index < -0.39 is 0 Å². The van der Waals surface area contributed by atoms with Crippen LogP contribution in [-0.4, -0.2) is 38.0 Å². The number of rotatable bonds is 6. The maximum Gasteiger partial charge on any atom is 0.227 e. The Hall–Kier alpha value is -1.88. The van der Waals surface area contributed by atoms with Gasteiger partial charge in [-0.2, -0.15) is 0 Å². The van der Waals surface area contributed by atoms with Gasteiger partial charge in [0.2, 0.25) is 11.8 Å². The van der Waals surface area contributed by atoms with Crippen LogP contribution in [0.5, 0.6) is 0 Å². The molecule has 21 heavy (non-hydrogen) atoms. The number of likely N-dealkylation sites (N-methyl/N-ethyl adjacent to an activating group) is 1. The summed E-state index contributed by atoms with van der Waals surface area (Å²) in [5, 5.41) is 6.03. The highest BCUT2D eigenvalue weighted by Gasteiger charge is 2.34. The van der Waals surface area contributed by atoms with Crippen LogP contribution >= 0.6 is 0 Å². The molecule has 1 heterocycles. The van der Waals surface area contributed by atoms with Crippen molar-refractivity contribution in [3.8, 4) is 0 Å². The smallest absolute Gasteiger partial charge is 0.227 e. The molecule has 0 spiro atoms. The van der Waals surface area contributed by atoms with Crippen LogP contribution in [0, 0.1) is 12.8 Å². The van der Waals surface area contributed by atoms with Crippen LogP contribution < -0.4 is 15.5 Å². The predicted octanol–water partition coefficient (Wildman–Crippen LogP) is 1.07. The molecule has 1 fully saturated rings. The Morgan fingerprint density at radius 1 is 1.29 bits per heavy atom. The largest absolute Gasteiger partial charge is 0.355 e. The van der Waals surface area contributed by atoms with Gasteiger partial charge in [0.1, 0.15) is 0 Å². The van der Waals surface area contributed by atoms with Gasteiger partial charge in [-0.1, -0.05) is 24.6 Å². The third kappa shape index (κ3) is 4.04. The van der Waals surface area contributed by atoms with Gasteiger partial charge in [0.15, 0.2) is 0 Å². The van der Waals surface area contributed by atoms with Gasteiger partial charge in [0, 0.05) is 31.7 Å². The number of amides is 2. The van der Waals surface area contributed by atoms with Crippen LogP contribution in [0.1, 0.15) is 18.9 Å². The molecule has 1 saturated heterocycles. The monoisotopic (exact) mass is 289 g/mol. The predicted molar refractivity (Wildman–Crippen MR) is 83.2 cm³/mol. The summed E-state index contributed by atoms with van der Waals surface area (Å²) in [5.74, 6) is -0.262. The van der Waals surface area contributed by atoms with Gasteiger partial charge in [0.05, 0.1) is 5.92 Å². The van der Waals surface area contributed by atoms with E-state index in [1.54, 1.807) is 4.90 Å². The van der Waals surface area contributed by atoms with E-state index in [1.807, 2.05) is 38.1 Å². The Balaban J connectivity index is 1.90. The van der Waals surface area contributed by atoms with E-state index in [0.717, 1.165) is 24.3 Å². The molecule has 1 atom stereocenters. The van der Waals surface area contributed by atoms with E-state index in [4.69, 9.17) is 0 Å². The van der Waals surface area contributed by atoms with Gasteiger partial charge in [-0.3, -0.25) is 9.59 Å². The molecule has 1 aromatic carbocycles. The lowest BCUT2D eigenvalue weighted by Gasteiger charge is -2.17. The molecule has 1 aliphatic rings. The van der Waals surface area contributed by atoms with Crippen molar-refractivity contribution in [2.24, 2.45) is 5.92 Å². The fourth-order valence-electron chi connectivity index (χ4n) is 2.45. The van der Waals surface area contributed by atoms with Crippen LogP contribution in [0.4, 0.5) is 5.69 Å². The van der Waals surface area contributed by atoms with Crippen LogP contribution in [-0.2, 0) is 9.59 Å². The zero-order chi connectivity index (χ0) is 15.2. The van der Waals surface area contributed by atoms with E-state index in [9.17, 15) is 9.59 Å². The average molecular weight is 289 g/mol. The Labute approximate surface area is 125 Å². The number of hydrogen-bond donors (Lipinski definition) is 2. The van der Waals surface area contributed by atoms with Gasteiger partial charge in [0.25, 0.3) is 0 Å². The number of hydrogen-bond acceptors (Lipinski definition) is 3. The van der Waals surface area contributed by atoms with Crippen LogP contribution in [0.2, 0.25) is 0 Å². The lowest BCUT2D eigenvalue weighted by molar-refractivity contribution is -0.126. The first-order valence-corrected chi connectivity index (χ1v) is 7.47. The zero-order valence-electron chi connectivity index (χ0n) is 12.7. The van der Waals surface area contributed by atoms with Crippen molar-refractivity contribution in [3.05, 3.63) is 29.8 Å². The van der Waals surface area contributed by atoms with Gasteiger partial charge >= 0.3 is 0 Å². The maximum absolute atomic E-state index is 12.1. The van der Waals surface area contributed by atoms with Crippen molar-refractivity contribution in [1.29, 1.82) is 0 Å². The Morgan fingerprint density at radius 3 is 2.67 bits per heavy atom. The van der Waals surface area contributed by atoms with Crippen molar-refractivity contribution in [2.45, 2.75) is 20.3 Å². The number of carbonyl (C=O) groups is 2. The SMILES string of the molecule is CCNCCNC(=O)C1CC(=O)N(c2ccc(C)cc2)C1. The van der Waals surface area contributed by atoms with E-state index in [0.29, 0.717) is 19.5 Å². The topological polar surface area (TPSA) is 61.4 Å². The third-order valence-corrected chi connectivity index (χ3v) is 3.69. The molecule has 0 radical (unpaired) electrons. The second-order valence-electron chi connectivity index (χ2n) is 5.39. The van der Waals surface area contributed by atoms with E-state index in [-0.39, 0.29) is 17.7 Å². The molecular formula is C16H23N3O2. The van der Waals surface area contributed by atoms with Crippen molar-refractivity contribution in [2.75, 3.05) is 31.1 Å². The number of aryl methyl sites for hydroxylation is 1. The summed E-state index contributed by atoms with van der Waals surface area (Å²) in [6.45, 7) is 6.74. The molecule has 0 saturated carbocycles. The van der Waals surface area contributed by atoms with Crippen molar-refractivity contribution in [1.82, 2.24) is 10.6 Å². The zero-order valence-corrected chi connectivity index (χ0v) is 12.7. The van der Waals surface area contributed by atoms with Gasteiger partial charge < -0.3 is 15.5 Å². The summed E-state index contributed by atoms with van der Waals surface area (Å²) < 4.78 is 0. The highest BCUT2D eigenvalue weighted by Crippen LogP contribution is 2.25. The summed E-state index contributed by atoms with van der Waals surface area (Å²) in [5.41, 5.74) is 2.02. The lowest BCUT2D eigenvalue weighted by Crippen LogP contribution is -2.37. The molecule has 2 rings (SSSR count). The summed E-state index contributed by atoms with van der Waals surface area (Å²) in [6.07, 6.45) is 0.293. The number of nitrogens with zero attached hydrogens (tertiary/aromatic N) is 1. The minimum absolute atomic E-state index is 0.0192. The minimum atomic E-state index is -0.250. The highest BCUT2D eigenvalue weighted by atomic mass is 16.2. The molecule has 2 amide bonds. The molecule has 5 nitrogen and oxygen atoms in total. The van der Waals surface area contributed by atoms with Gasteiger partial charge in [-0.25, -0.2) is 0 Å². The van der Waals surface area contributed by atoms with E-state index in [2.05, 4.69) is 10.6 Å². The van der Waals surface area contributed by atoms with Crippen LogP contribution in [0.25, 0.3) is 0 Å². The minimum Gasteiger partial charge on any atom is -0.355 e. The molecule has 2 N–H and O–H groups in total. The molecular weight excluding hydrogens is 266 g/mol. The van der Waals surface area contributed by atoms with Crippen LogP contribution in [0.15, 0.2) is 24.3 Å². The summed E-state index contributed by atoms with van der Waals surface area (Å²) in [4.78, 5) is 25.9. The molecule has 1 unspecified atom stereocenters. The normalized spacial score (nSPS) is 18.1. The average Bonchev–Trinajstić information content (AvgIpc) is 2.86. The van der Waals surface area contributed by atoms with Crippen LogP contribution in [0.3, 0.4) is 0 Å². The fraction of sp³-hybridized carbons (Fsp3) is 0.500. The second-order valence-corrected chi connectivity index (χ2v) is 5.39. The Morgan fingerprint density at radius 2 is 2.00 bits per heavy atom. The highest BCUT2D eigenvalue weighted by molar-refractivity contribution is 6.00. The fourth-order valence-corrected chi connectivity index (χ4v) is 2.45. The molecule has 0 bridgehead atoms. The number of anilines is 1. The van der Waals surface area contributed by atoms with Crippen molar-refractivity contribution < 1.29 is 9.59 Å². The Bertz CT molecular complexity index is 499.